The molecule has 1 saturated heterocycles. The first-order valence-electron chi connectivity index (χ1n) is 11.0. The highest BCUT2D eigenvalue weighted by molar-refractivity contribution is 7.88. The van der Waals surface area contributed by atoms with E-state index in [0.29, 0.717) is 50.7 Å². The van der Waals surface area contributed by atoms with Crippen LogP contribution in [0.25, 0.3) is 0 Å². The summed E-state index contributed by atoms with van der Waals surface area (Å²) in [5.41, 5.74) is 0.946. The van der Waals surface area contributed by atoms with E-state index in [9.17, 15) is 13.2 Å². The van der Waals surface area contributed by atoms with Crippen LogP contribution >= 0.6 is 34.8 Å². The molecule has 0 bridgehead atoms. The van der Waals surface area contributed by atoms with Crippen molar-refractivity contribution < 1.29 is 17.9 Å². The van der Waals surface area contributed by atoms with E-state index in [2.05, 4.69) is 5.32 Å². The van der Waals surface area contributed by atoms with E-state index in [1.807, 2.05) is 30.3 Å². The van der Waals surface area contributed by atoms with E-state index in [4.69, 9.17) is 39.5 Å². The van der Waals surface area contributed by atoms with Gasteiger partial charge in [0.2, 0.25) is 15.9 Å². The lowest BCUT2D eigenvalue weighted by atomic mass is 9.97. The van der Waals surface area contributed by atoms with Crippen molar-refractivity contribution in [2.75, 3.05) is 18.4 Å². The summed E-state index contributed by atoms with van der Waals surface area (Å²) in [5.74, 6) is 0.327. The number of rotatable bonds is 7. The van der Waals surface area contributed by atoms with Crippen molar-refractivity contribution >= 4 is 56.4 Å². The first kappa shape index (κ1) is 25.8. The number of ether oxygens (including phenoxy) is 1. The SMILES string of the molecule is O=C(Nc1cc(Cl)ccc1Oc1ccccc1)C1CCN(S(=O)(=O)Cc2ccc(Cl)cc2Cl)CC1. The first-order chi connectivity index (χ1) is 16.7. The summed E-state index contributed by atoms with van der Waals surface area (Å²) in [4.78, 5) is 13.0. The average Bonchev–Trinajstić information content (AvgIpc) is 2.83. The number of benzene rings is 3. The zero-order valence-corrected chi connectivity index (χ0v) is 21.7. The van der Waals surface area contributed by atoms with Gasteiger partial charge in [-0.05, 0) is 60.9 Å². The van der Waals surface area contributed by atoms with Crippen molar-refractivity contribution in [1.82, 2.24) is 4.31 Å². The second-order valence-corrected chi connectivity index (χ2v) is 11.5. The van der Waals surface area contributed by atoms with Crippen molar-refractivity contribution in [3.8, 4) is 11.5 Å². The van der Waals surface area contributed by atoms with Crippen LogP contribution in [0, 0.1) is 5.92 Å². The van der Waals surface area contributed by atoms with Gasteiger partial charge in [-0.3, -0.25) is 4.79 Å². The van der Waals surface area contributed by atoms with E-state index < -0.39 is 10.0 Å². The molecule has 184 valence electrons. The highest BCUT2D eigenvalue weighted by atomic mass is 35.5. The molecule has 10 heteroatoms. The largest absolute Gasteiger partial charge is 0.455 e. The Bertz CT molecular complexity index is 1310. The maximum atomic E-state index is 13.0. The second kappa shape index (κ2) is 11.2. The van der Waals surface area contributed by atoms with Crippen molar-refractivity contribution in [1.29, 1.82) is 0 Å². The summed E-state index contributed by atoms with van der Waals surface area (Å²) in [7, 11) is -3.59. The highest BCUT2D eigenvalue weighted by Crippen LogP contribution is 2.33. The number of hydrogen-bond donors (Lipinski definition) is 1. The summed E-state index contributed by atoms with van der Waals surface area (Å²) in [5, 5.41) is 4.12. The van der Waals surface area contributed by atoms with Gasteiger partial charge in [0.1, 0.15) is 5.75 Å². The van der Waals surface area contributed by atoms with Crippen LogP contribution in [0.3, 0.4) is 0 Å². The number of sulfonamides is 1. The van der Waals surface area contributed by atoms with Crippen LogP contribution in [-0.2, 0) is 20.6 Å². The molecule has 1 heterocycles. The minimum absolute atomic E-state index is 0.206. The Kier molecular flexibility index (Phi) is 8.24. The molecule has 6 nitrogen and oxygen atoms in total. The highest BCUT2D eigenvalue weighted by Gasteiger charge is 2.32. The quantitative estimate of drug-likeness (QED) is 0.357. The van der Waals surface area contributed by atoms with Gasteiger partial charge in [-0.2, -0.15) is 0 Å². The lowest BCUT2D eigenvalue weighted by Gasteiger charge is -2.30. The fraction of sp³-hybridized carbons (Fsp3) is 0.240. The van der Waals surface area contributed by atoms with Gasteiger partial charge in [0, 0.05) is 34.1 Å². The molecule has 0 spiro atoms. The van der Waals surface area contributed by atoms with Crippen LogP contribution in [-0.4, -0.2) is 31.7 Å². The van der Waals surface area contributed by atoms with Gasteiger partial charge in [0.05, 0.1) is 11.4 Å². The minimum atomic E-state index is -3.59. The smallest absolute Gasteiger partial charge is 0.227 e. The molecule has 0 atom stereocenters. The van der Waals surface area contributed by atoms with E-state index >= 15 is 0 Å². The predicted molar refractivity (Wildman–Crippen MR) is 140 cm³/mol. The standard InChI is InChI=1S/C25H23Cl3N2O4S/c26-19-7-6-18(22(28)14-19)16-35(32,33)30-12-10-17(11-13-30)25(31)29-23-15-20(27)8-9-24(23)34-21-4-2-1-3-5-21/h1-9,14-15,17H,10-13,16H2,(H,29,31). The molecule has 0 aliphatic carbocycles. The summed E-state index contributed by atoms with van der Waals surface area (Å²) in [6.45, 7) is 0.489. The lowest BCUT2D eigenvalue weighted by molar-refractivity contribution is -0.120. The number of para-hydroxylation sites is 1. The van der Waals surface area contributed by atoms with Gasteiger partial charge >= 0.3 is 0 Å². The van der Waals surface area contributed by atoms with Crippen LogP contribution in [0.4, 0.5) is 5.69 Å². The molecule has 1 N–H and O–H groups in total. The van der Waals surface area contributed by atoms with Crippen molar-refractivity contribution in [2.24, 2.45) is 5.92 Å². The summed E-state index contributed by atoms with van der Waals surface area (Å²) in [6.07, 6.45) is 0.795. The number of carbonyl (C=O) groups excluding carboxylic acids is 1. The Balaban J connectivity index is 1.38. The van der Waals surface area contributed by atoms with E-state index in [-0.39, 0.29) is 30.7 Å². The van der Waals surface area contributed by atoms with Crippen molar-refractivity contribution in [3.63, 3.8) is 0 Å². The Morgan fingerprint density at radius 1 is 0.943 bits per heavy atom. The predicted octanol–water partition coefficient (Wildman–Crippen LogP) is 6.62. The van der Waals surface area contributed by atoms with Crippen LogP contribution in [0.15, 0.2) is 66.7 Å². The molecule has 1 aliphatic rings. The Hall–Kier alpha value is -2.29. The monoisotopic (exact) mass is 552 g/mol. The third kappa shape index (κ3) is 6.68. The number of nitrogens with one attached hydrogen (secondary N) is 1. The zero-order chi connectivity index (χ0) is 25.0. The van der Waals surface area contributed by atoms with Crippen molar-refractivity contribution in [2.45, 2.75) is 18.6 Å². The second-order valence-electron chi connectivity index (χ2n) is 8.21. The van der Waals surface area contributed by atoms with E-state index in [1.165, 1.54) is 10.4 Å². The molecule has 0 aromatic heterocycles. The van der Waals surface area contributed by atoms with Gasteiger partial charge in [-0.25, -0.2) is 12.7 Å². The number of carbonyl (C=O) groups is 1. The first-order valence-corrected chi connectivity index (χ1v) is 13.7. The molecule has 1 aliphatic heterocycles. The summed E-state index contributed by atoms with van der Waals surface area (Å²) in [6, 6.07) is 19.0. The summed E-state index contributed by atoms with van der Waals surface area (Å²) >= 11 is 18.2. The Morgan fingerprint density at radius 3 is 2.29 bits per heavy atom. The fourth-order valence-corrected chi connectivity index (χ4v) is 6.18. The third-order valence-electron chi connectivity index (χ3n) is 5.74. The van der Waals surface area contributed by atoms with Crippen LogP contribution in [0.2, 0.25) is 15.1 Å². The number of halogens is 3. The van der Waals surface area contributed by atoms with Crippen LogP contribution < -0.4 is 10.1 Å². The molecule has 0 unspecified atom stereocenters. The minimum Gasteiger partial charge on any atom is -0.455 e. The molecule has 4 rings (SSSR count). The molecule has 0 saturated carbocycles. The van der Waals surface area contributed by atoms with Crippen LogP contribution in [0.1, 0.15) is 18.4 Å². The lowest BCUT2D eigenvalue weighted by Crippen LogP contribution is -2.41. The molecule has 3 aromatic carbocycles. The number of anilines is 1. The van der Waals surface area contributed by atoms with Gasteiger partial charge in [0.25, 0.3) is 0 Å². The van der Waals surface area contributed by atoms with Gasteiger partial charge in [-0.15, -0.1) is 0 Å². The third-order valence-corrected chi connectivity index (χ3v) is 8.39. The number of piperidine rings is 1. The molecule has 0 radical (unpaired) electrons. The topological polar surface area (TPSA) is 75.7 Å². The summed E-state index contributed by atoms with van der Waals surface area (Å²) < 4.78 is 33.2. The molecule has 1 fully saturated rings. The van der Waals surface area contributed by atoms with E-state index in [0.717, 1.165) is 0 Å². The van der Waals surface area contributed by atoms with E-state index in [1.54, 1.807) is 30.3 Å². The molecule has 1 amide bonds. The van der Waals surface area contributed by atoms with Crippen LogP contribution in [0.5, 0.6) is 11.5 Å². The van der Waals surface area contributed by atoms with Gasteiger partial charge < -0.3 is 10.1 Å². The number of amides is 1. The maximum absolute atomic E-state index is 13.0. The van der Waals surface area contributed by atoms with Crippen molar-refractivity contribution in [3.05, 3.63) is 87.4 Å². The average molecular weight is 554 g/mol. The van der Waals surface area contributed by atoms with Gasteiger partial charge in [0.15, 0.2) is 5.75 Å². The number of nitrogens with zero attached hydrogens (tertiary/aromatic N) is 1. The molecular weight excluding hydrogens is 531 g/mol. The molecular formula is C25H23Cl3N2O4S. The molecule has 35 heavy (non-hydrogen) atoms. The Labute approximate surface area is 219 Å². The fourth-order valence-electron chi connectivity index (χ4n) is 3.86. The normalized spacial score (nSPS) is 15.1. The maximum Gasteiger partial charge on any atom is 0.227 e. The zero-order valence-electron chi connectivity index (χ0n) is 18.6. The molecule has 3 aromatic rings. The van der Waals surface area contributed by atoms with Gasteiger partial charge in [-0.1, -0.05) is 59.1 Å². The number of hydrogen-bond acceptors (Lipinski definition) is 4. The Morgan fingerprint density at radius 2 is 1.60 bits per heavy atom.